The number of amides is 2. The van der Waals surface area contributed by atoms with E-state index in [4.69, 9.17) is 9.47 Å². The Balaban J connectivity index is 1.42. The molecule has 0 unspecified atom stereocenters. The number of carbonyl (C=O) groups excluding carboxylic acids is 2. The summed E-state index contributed by atoms with van der Waals surface area (Å²) in [6.45, 7) is 9.08. The summed E-state index contributed by atoms with van der Waals surface area (Å²) in [5, 5.41) is 0. The first-order valence-corrected chi connectivity index (χ1v) is 14.1. The first kappa shape index (κ1) is 27.7. The molecule has 0 N–H and O–H groups in total. The Morgan fingerprint density at radius 3 is 2.62 bits per heavy atom. The zero-order valence-corrected chi connectivity index (χ0v) is 23.7. The van der Waals surface area contributed by atoms with Gasteiger partial charge in [-0.15, -0.1) is 0 Å². The number of carbonyl (C=O) groups is 2. The van der Waals surface area contributed by atoms with Crippen LogP contribution in [0.25, 0.3) is 0 Å². The lowest BCUT2D eigenvalue weighted by atomic mass is 10.0. The van der Waals surface area contributed by atoms with Crippen LogP contribution >= 0.6 is 0 Å². The van der Waals surface area contributed by atoms with E-state index in [1.54, 1.807) is 23.0 Å². The highest BCUT2D eigenvalue weighted by molar-refractivity contribution is 5.94. The first-order valence-electron chi connectivity index (χ1n) is 14.1. The molecule has 9 nitrogen and oxygen atoms in total. The summed E-state index contributed by atoms with van der Waals surface area (Å²) >= 11 is 0. The molecule has 3 heterocycles. The molecule has 212 valence electrons. The summed E-state index contributed by atoms with van der Waals surface area (Å²) in [6, 6.07) is 14.1. The van der Waals surface area contributed by atoms with Gasteiger partial charge in [0.1, 0.15) is 24.7 Å². The number of hydrogen-bond acceptors (Lipinski definition) is 6. The van der Waals surface area contributed by atoms with E-state index in [1.807, 2.05) is 35.0 Å². The summed E-state index contributed by atoms with van der Waals surface area (Å²) in [4.78, 5) is 37.0. The molecule has 0 aliphatic carbocycles. The number of fused-ring (bicyclic) bond motifs is 3. The van der Waals surface area contributed by atoms with Gasteiger partial charge in [-0.25, -0.2) is 4.98 Å². The number of nitrogens with zero attached hydrogens (tertiary/aromatic N) is 5. The fourth-order valence-electron chi connectivity index (χ4n) is 5.32. The number of benzene rings is 2. The first-order chi connectivity index (χ1) is 19.4. The van der Waals surface area contributed by atoms with E-state index in [2.05, 4.69) is 41.9 Å². The minimum absolute atomic E-state index is 0.0265. The van der Waals surface area contributed by atoms with Crippen molar-refractivity contribution >= 4 is 17.5 Å². The molecule has 2 bridgehead atoms. The Kier molecular flexibility index (Phi) is 8.69. The average molecular weight is 546 g/mol. The number of likely N-dealkylation sites (N-methyl/N-ethyl adjacent to an activating group) is 1. The van der Waals surface area contributed by atoms with Crippen LogP contribution in [-0.4, -0.2) is 90.8 Å². The Bertz CT molecular complexity index is 1330. The lowest BCUT2D eigenvalue weighted by molar-refractivity contribution is -0.132. The Hall–Kier alpha value is -3.85. The number of aromatic nitrogens is 2. The quantitative estimate of drug-likeness (QED) is 0.500. The van der Waals surface area contributed by atoms with Crippen LogP contribution in [0.1, 0.15) is 47.1 Å². The van der Waals surface area contributed by atoms with Gasteiger partial charge in [-0.2, -0.15) is 0 Å². The second-order valence-corrected chi connectivity index (χ2v) is 10.8. The molecule has 2 aromatic carbocycles. The Morgan fingerprint density at radius 1 is 1.00 bits per heavy atom. The second-order valence-electron chi connectivity index (χ2n) is 10.8. The number of hydrogen-bond donors (Lipinski definition) is 0. The van der Waals surface area contributed by atoms with Crippen molar-refractivity contribution in [2.45, 2.75) is 32.7 Å². The third-order valence-electron chi connectivity index (χ3n) is 7.58. The van der Waals surface area contributed by atoms with E-state index in [0.717, 1.165) is 41.5 Å². The van der Waals surface area contributed by atoms with Crippen LogP contribution in [0.3, 0.4) is 0 Å². The van der Waals surface area contributed by atoms with Crippen molar-refractivity contribution in [2.75, 3.05) is 64.5 Å². The van der Waals surface area contributed by atoms with Gasteiger partial charge in [0.2, 0.25) is 5.91 Å². The summed E-state index contributed by atoms with van der Waals surface area (Å²) < 4.78 is 13.8. The maximum absolute atomic E-state index is 13.5. The molecule has 0 atom stereocenters. The van der Waals surface area contributed by atoms with Crippen molar-refractivity contribution in [1.82, 2.24) is 19.4 Å². The number of ether oxygens (including phenoxy) is 2. The number of anilines is 1. The van der Waals surface area contributed by atoms with Crippen LogP contribution in [0, 0.1) is 0 Å². The molecule has 2 aliphatic heterocycles. The minimum atomic E-state index is -0.0541. The smallest absolute Gasteiger partial charge is 0.253 e. The molecule has 1 aromatic heterocycles. The number of morpholine rings is 1. The van der Waals surface area contributed by atoms with Crippen molar-refractivity contribution in [3.63, 3.8) is 0 Å². The highest BCUT2D eigenvalue weighted by Gasteiger charge is 2.21. The average Bonchev–Trinajstić information content (AvgIpc) is 3.43. The molecule has 1 saturated heterocycles. The van der Waals surface area contributed by atoms with Gasteiger partial charge in [-0.1, -0.05) is 26.0 Å². The summed E-state index contributed by atoms with van der Waals surface area (Å²) in [5.41, 5.74) is 3.88. The second kappa shape index (κ2) is 12.6. The SMILES string of the molecule is CC(C)c1nccn1CC(=O)N1CCOc2ccc(N3CCOCC3)cc2Cc2cccc(c2)C(=O)N(C)CC1. The van der Waals surface area contributed by atoms with Crippen molar-refractivity contribution in [2.24, 2.45) is 0 Å². The van der Waals surface area contributed by atoms with E-state index in [9.17, 15) is 9.59 Å². The van der Waals surface area contributed by atoms with Crippen LogP contribution in [0.4, 0.5) is 5.69 Å². The van der Waals surface area contributed by atoms with Crippen molar-refractivity contribution in [3.8, 4) is 5.75 Å². The van der Waals surface area contributed by atoms with Gasteiger partial charge in [0.05, 0.1) is 19.8 Å². The van der Waals surface area contributed by atoms with Crippen molar-refractivity contribution in [1.29, 1.82) is 0 Å². The molecule has 2 aliphatic rings. The normalized spacial score (nSPS) is 16.9. The molecular formula is C31H39N5O4. The molecule has 2 amide bonds. The third kappa shape index (κ3) is 6.47. The topological polar surface area (TPSA) is 80.1 Å². The highest BCUT2D eigenvalue weighted by atomic mass is 16.5. The highest BCUT2D eigenvalue weighted by Crippen LogP contribution is 2.29. The largest absolute Gasteiger partial charge is 0.491 e. The zero-order valence-electron chi connectivity index (χ0n) is 23.7. The van der Waals surface area contributed by atoms with Crippen LogP contribution in [0.15, 0.2) is 54.9 Å². The minimum Gasteiger partial charge on any atom is -0.491 e. The van der Waals surface area contributed by atoms with Crippen molar-refractivity contribution < 1.29 is 19.1 Å². The molecule has 5 rings (SSSR count). The van der Waals surface area contributed by atoms with Gasteiger partial charge in [-0.05, 0) is 35.9 Å². The van der Waals surface area contributed by atoms with Crippen LogP contribution in [0.5, 0.6) is 5.75 Å². The van der Waals surface area contributed by atoms with E-state index < -0.39 is 0 Å². The molecule has 0 radical (unpaired) electrons. The Morgan fingerprint density at radius 2 is 1.82 bits per heavy atom. The van der Waals surface area contributed by atoms with Gasteiger partial charge in [0.15, 0.2) is 0 Å². The van der Waals surface area contributed by atoms with E-state index in [1.165, 1.54) is 0 Å². The Labute approximate surface area is 236 Å². The lowest BCUT2D eigenvalue weighted by Gasteiger charge is -2.30. The van der Waals surface area contributed by atoms with Gasteiger partial charge >= 0.3 is 0 Å². The maximum atomic E-state index is 13.5. The molecule has 3 aromatic rings. The molecule has 9 heteroatoms. The maximum Gasteiger partial charge on any atom is 0.253 e. The molecule has 0 saturated carbocycles. The van der Waals surface area contributed by atoms with Crippen LogP contribution in [-0.2, 0) is 22.5 Å². The fraction of sp³-hybridized carbons (Fsp3) is 0.452. The lowest BCUT2D eigenvalue weighted by Crippen LogP contribution is -2.42. The standard InChI is InChI=1S/C31H39N5O4/c1-23(2)30-32-9-10-36(30)22-29(37)35-12-11-33(3)31(38)25-6-4-5-24(19-25)20-26-21-27(34-13-16-39-17-14-34)7-8-28(26)40-18-15-35/h4-10,19,21,23H,11-18,20,22H2,1-3H3. The number of imidazole rings is 1. The van der Waals surface area contributed by atoms with E-state index >= 15 is 0 Å². The van der Waals surface area contributed by atoms with Gasteiger partial charge in [-0.3, -0.25) is 9.59 Å². The summed E-state index contributed by atoms with van der Waals surface area (Å²) in [7, 11) is 1.79. The van der Waals surface area contributed by atoms with Crippen LogP contribution in [0.2, 0.25) is 0 Å². The summed E-state index contributed by atoms with van der Waals surface area (Å²) in [6.07, 6.45) is 4.22. The molecular weight excluding hydrogens is 506 g/mol. The zero-order chi connectivity index (χ0) is 28.1. The molecule has 1 fully saturated rings. The molecule has 0 spiro atoms. The van der Waals surface area contributed by atoms with E-state index in [-0.39, 0.29) is 24.3 Å². The third-order valence-corrected chi connectivity index (χ3v) is 7.58. The van der Waals surface area contributed by atoms with Gasteiger partial charge < -0.3 is 28.7 Å². The molecule has 40 heavy (non-hydrogen) atoms. The van der Waals surface area contributed by atoms with Crippen molar-refractivity contribution in [3.05, 3.63) is 77.4 Å². The predicted octanol–water partition coefficient (Wildman–Crippen LogP) is 3.43. The van der Waals surface area contributed by atoms with Crippen LogP contribution < -0.4 is 9.64 Å². The predicted molar refractivity (Wildman–Crippen MR) is 154 cm³/mol. The van der Waals surface area contributed by atoms with Gasteiger partial charge in [0, 0.05) is 74.8 Å². The van der Waals surface area contributed by atoms with E-state index in [0.29, 0.717) is 51.4 Å². The summed E-state index contributed by atoms with van der Waals surface area (Å²) in [5.74, 6) is 1.81. The number of rotatable bonds is 4. The monoisotopic (exact) mass is 545 g/mol. The fourth-order valence-corrected chi connectivity index (χ4v) is 5.32. The van der Waals surface area contributed by atoms with Gasteiger partial charge in [0.25, 0.3) is 5.91 Å².